The lowest BCUT2D eigenvalue weighted by Crippen LogP contribution is -2.39. The monoisotopic (exact) mass is 195 g/mol. The normalized spacial score (nSPS) is 28.2. The minimum atomic E-state index is 0.946. The molecule has 1 unspecified atom stereocenters. The van der Waals surface area contributed by atoms with Gasteiger partial charge in [0.2, 0.25) is 0 Å². The second kappa shape index (κ2) is 4.67. The Labute approximate surface area is 86.6 Å². The molecule has 0 aliphatic carbocycles. The van der Waals surface area contributed by atoms with Gasteiger partial charge in [-0.3, -0.25) is 4.99 Å². The van der Waals surface area contributed by atoms with Gasteiger partial charge in [0.25, 0.3) is 0 Å². The van der Waals surface area contributed by atoms with Gasteiger partial charge in [0.05, 0.1) is 6.54 Å². The van der Waals surface area contributed by atoms with E-state index in [2.05, 4.69) is 22.1 Å². The summed E-state index contributed by atoms with van der Waals surface area (Å²) in [5.41, 5.74) is 0. The van der Waals surface area contributed by atoms with E-state index in [1.165, 1.54) is 38.8 Å². The Kier molecular flexibility index (Phi) is 3.27. The van der Waals surface area contributed by atoms with E-state index in [-0.39, 0.29) is 0 Å². The Morgan fingerprint density at radius 2 is 2.36 bits per heavy atom. The van der Waals surface area contributed by atoms with E-state index >= 15 is 0 Å². The SMILES string of the molecule is CCC1CCCN(C2=NCCN2)CC1. The van der Waals surface area contributed by atoms with Crippen molar-refractivity contribution in [3.8, 4) is 0 Å². The molecule has 2 aliphatic rings. The molecule has 1 saturated heterocycles. The molecule has 0 bridgehead atoms. The van der Waals surface area contributed by atoms with Crippen LogP contribution in [0, 0.1) is 5.92 Å². The minimum Gasteiger partial charge on any atom is -0.354 e. The van der Waals surface area contributed by atoms with Gasteiger partial charge in [-0.2, -0.15) is 0 Å². The summed E-state index contributed by atoms with van der Waals surface area (Å²) in [5.74, 6) is 2.10. The van der Waals surface area contributed by atoms with Gasteiger partial charge >= 0.3 is 0 Å². The van der Waals surface area contributed by atoms with Gasteiger partial charge in [0.15, 0.2) is 5.96 Å². The third-order valence-corrected chi connectivity index (χ3v) is 3.38. The highest BCUT2D eigenvalue weighted by atomic mass is 15.3. The summed E-state index contributed by atoms with van der Waals surface area (Å²) in [4.78, 5) is 6.92. The van der Waals surface area contributed by atoms with E-state index < -0.39 is 0 Å². The molecule has 1 fully saturated rings. The molecule has 0 aromatic heterocycles. The summed E-state index contributed by atoms with van der Waals surface area (Å²) in [6.07, 6.45) is 5.42. The summed E-state index contributed by atoms with van der Waals surface area (Å²) >= 11 is 0. The number of nitrogens with one attached hydrogen (secondary N) is 1. The van der Waals surface area contributed by atoms with Crippen molar-refractivity contribution in [3.63, 3.8) is 0 Å². The van der Waals surface area contributed by atoms with E-state index in [4.69, 9.17) is 0 Å². The first-order valence-corrected chi connectivity index (χ1v) is 5.93. The Balaban J connectivity index is 1.88. The molecule has 1 atom stereocenters. The summed E-state index contributed by atoms with van der Waals surface area (Å²) < 4.78 is 0. The van der Waals surface area contributed by atoms with Crippen LogP contribution in [-0.2, 0) is 0 Å². The predicted octanol–water partition coefficient (Wildman–Crippen LogP) is 1.46. The van der Waals surface area contributed by atoms with Gasteiger partial charge in [-0.1, -0.05) is 13.3 Å². The molecule has 0 spiro atoms. The van der Waals surface area contributed by atoms with E-state index in [0.29, 0.717) is 0 Å². The van der Waals surface area contributed by atoms with Crippen LogP contribution in [0.2, 0.25) is 0 Å². The number of aliphatic imine (C=N–C) groups is 1. The van der Waals surface area contributed by atoms with Crippen LogP contribution in [0.5, 0.6) is 0 Å². The molecule has 1 N–H and O–H groups in total. The van der Waals surface area contributed by atoms with E-state index in [9.17, 15) is 0 Å². The second-order valence-electron chi connectivity index (χ2n) is 4.32. The van der Waals surface area contributed by atoms with Crippen LogP contribution in [0.25, 0.3) is 0 Å². The van der Waals surface area contributed by atoms with Crippen LogP contribution < -0.4 is 5.32 Å². The van der Waals surface area contributed by atoms with Crippen molar-refractivity contribution in [1.29, 1.82) is 0 Å². The van der Waals surface area contributed by atoms with Gasteiger partial charge in [0.1, 0.15) is 0 Å². The van der Waals surface area contributed by atoms with Crippen molar-refractivity contribution < 1.29 is 0 Å². The van der Waals surface area contributed by atoms with Crippen LogP contribution >= 0.6 is 0 Å². The van der Waals surface area contributed by atoms with Crippen LogP contribution in [0.4, 0.5) is 0 Å². The highest BCUT2D eigenvalue weighted by Crippen LogP contribution is 2.20. The molecule has 0 radical (unpaired) electrons. The number of nitrogens with zero attached hydrogens (tertiary/aromatic N) is 2. The Hall–Kier alpha value is -0.730. The van der Waals surface area contributed by atoms with Crippen molar-refractivity contribution in [3.05, 3.63) is 0 Å². The highest BCUT2D eigenvalue weighted by Gasteiger charge is 2.19. The largest absolute Gasteiger partial charge is 0.354 e. The zero-order valence-corrected chi connectivity index (χ0v) is 9.13. The number of guanidine groups is 1. The average molecular weight is 195 g/mol. The van der Waals surface area contributed by atoms with E-state index in [1.54, 1.807) is 0 Å². The number of likely N-dealkylation sites (tertiary alicyclic amines) is 1. The Morgan fingerprint density at radius 1 is 1.43 bits per heavy atom. The van der Waals surface area contributed by atoms with Crippen molar-refractivity contribution >= 4 is 5.96 Å². The van der Waals surface area contributed by atoms with Crippen molar-refractivity contribution in [2.24, 2.45) is 10.9 Å². The quantitative estimate of drug-likeness (QED) is 0.686. The average Bonchev–Trinajstić information content (AvgIpc) is 2.63. The zero-order chi connectivity index (χ0) is 9.80. The number of rotatable bonds is 1. The van der Waals surface area contributed by atoms with Gasteiger partial charge in [-0.15, -0.1) is 0 Å². The number of hydrogen-bond acceptors (Lipinski definition) is 3. The Bertz CT molecular complexity index is 213. The first kappa shape index (κ1) is 9.81. The van der Waals surface area contributed by atoms with Gasteiger partial charge in [-0.25, -0.2) is 0 Å². The third kappa shape index (κ3) is 2.20. The molecule has 80 valence electrons. The van der Waals surface area contributed by atoms with Gasteiger partial charge < -0.3 is 10.2 Å². The van der Waals surface area contributed by atoms with Crippen molar-refractivity contribution in [1.82, 2.24) is 10.2 Å². The molecular formula is C11H21N3. The fourth-order valence-corrected chi connectivity index (χ4v) is 2.38. The third-order valence-electron chi connectivity index (χ3n) is 3.38. The number of hydrogen-bond donors (Lipinski definition) is 1. The predicted molar refractivity (Wildman–Crippen MR) is 59.5 cm³/mol. The smallest absolute Gasteiger partial charge is 0.194 e. The summed E-state index contributed by atoms with van der Waals surface area (Å²) in [6, 6.07) is 0. The molecule has 0 aromatic rings. The fraction of sp³-hybridized carbons (Fsp3) is 0.909. The second-order valence-corrected chi connectivity index (χ2v) is 4.32. The van der Waals surface area contributed by atoms with Crippen molar-refractivity contribution in [2.75, 3.05) is 26.2 Å². The fourth-order valence-electron chi connectivity index (χ4n) is 2.38. The zero-order valence-electron chi connectivity index (χ0n) is 9.13. The lowest BCUT2D eigenvalue weighted by Gasteiger charge is -2.22. The summed E-state index contributed by atoms with van der Waals surface area (Å²) in [6.45, 7) is 6.70. The maximum absolute atomic E-state index is 4.48. The minimum absolute atomic E-state index is 0.946. The summed E-state index contributed by atoms with van der Waals surface area (Å²) in [5, 5.41) is 3.36. The molecule has 2 heterocycles. The van der Waals surface area contributed by atoms with Crippen LogP contribution in [0.3, 0.4) is 0 Å². The van der Waals surface area contributed by atoms with Crippen LogP contribution in [0.15, 0.2) is 4.99 Å². The lowest BCUT2D eigenvalue weighted by molar-refractivity contribution is 0.404. The molecule has 0 amide bonds. The molecule has 14 heavy (non-hydrogen) atoms. The van der Waals surface area contributed by atoms with Crippen LogP contribution in [-0.4, -0.2) is 37.0 Å². The molecule has 2 rings (SSSR count). The first-order chi connectivity index (χ1) is 6.90. The molecule has 3 heteroatoms. The van der Waals surface area contributed by atoms with Gasteiger partial charge in [-0.05, 0) is 25.2 Å². The van der Waals surface area contributed by atoms with E-state index in [0.717, 1.165) is 25.0 Å². The molecule has 0 aromatic carbocycles. The maximum atomic E-state index is 4.48. The first-order valence-electron chi connectivity index (χ1n) is 5.93. The highest BCUT2D eigenvalue weighted by molar-refractivity contribution is 5.81. The Morgan fingerprint density at radius 3 is 3.07 bits per heavy atom. The molecule has 2 aliphatic heterocycles. The topological polar surface area (TPSA) is 27.6 Å². The molecule has 0 saturated carbocycles. The lowest BCUT2D eigenvalue weighted by atomic mass is 9.98. The van der Waals surface area contributed by atoms with E-state index in [1.807, 2.05) is 0 Å². The van der Waals surface area contributed by atoms with Crippen molar-refractivity contribution in [2.45, 2.75) is 32.6 Å². The maximum Gasteiger partial charge on any atom is 0.194 e. The van der Waals surface area contributed by atoms with Gasteiger partial charge in [0, 0.05) is 19.6 Å². The molecular weight excluding hydrogens is 174 g/mol. The van der Waals surface area contributed by atoms with Crippen LogP contribution in [0.1, 0.15) is 32.6 Å². The summed E-state index contributed by atoms with van der Waals surface area (Å²) in [7, 11) is 0. The molecule has 3 nitrogen and oxygen atoms in total. The standard InChI is InChI=1S/C11H21N3/c1-2-10-4-3-8-14(9-5-10)11-12-6-7-13-11/h10H,2-9H2,1H3,(H,12,13).